The molecule has 0 aliphatic heterocycles. The zero-order valence-electron chi connectivity index (χ0n) is 20.1. The van der Waals surface area contributed by atoms with Gasteiger partial charge in [0.15, 0.2) is 11.2 Å². The average Bonchev–Trinajstić information content (AvgIpc) is 3.20. The van der Waals surface area contributed by atoms with Gasteiger partial charge in [-0.3, -0.25) is 23.5 Å². The van der Waals surface area contributed by atoms with Crippen LogP contribution in [0.5, 0.6) is 11.8 Å². The molecule has 3 heterocycles. The fraction of sp³-hybridized carbons (Fsp3) is 0.333. The number of hydrogen-bond donors (Lipinski definition) is 0. The van der Waals surface area contributed by atoms with E-state index in [1.807, 2.05) is 6.92 Å². The van der Waals surface area contributed by atoms with Crippen molar-refractivity contribution in [1.82, 2.24) is 23.7 Å². The molecule has 8 nitrogen and oxygen atoms in total. The van der Waals surface area contributed by atoms with Crippen LogP contribution in [0.4, 0.5) is 26.3 Å². The summed E-state index contributed by atoms with van der Waals surface area (Å²) in [6.45, 7) is 1.71. The van der Waals surface area contributed by atoms with Crippen LogP contribution < -0.4 is 16.0 Å². The number of rotatable bonds is 7. The molecule has 0 amide bonds. The highest BCUT2D eigenvalue weighted by Gasteiger charge is 2.33. The van der Waals surface area contributed by atoms with Crippen LogP contribution in [-0.4, -0.2) is 23.7 Å². The van der Waals surface area contributed by atoms with Crippen LogP contribution in [0.2, 0.25) is 0 Å². The van der Waals surface area contributed by atoms with E-state index in [1.165, 1.54) is 17.7 Å². The number of alkyl halides is 6. The molecule has 0 N–H and O–H groups in total. The van der Waals surface area contributed by atoms with Gasteiger partial charge in [0, 0.05) is 19.8 Å². The van der Waals surface area contributed by atoms with Gasteiger partial charge in [0.25, 0.3) is 5.56 Å². The summed E-state index contributed by atoms with van der Waals surface area (Å²) < 4.78 is 87.4. The third kappa shape index (κ3) is 5.29. The van der Waals surface area contributed by atoms with Crippen molar-refractivity contribution in [2.75, 3.05) is 0 Å². The first-order valence-electron chi connectivity index (χ1n) is 11.4. The largest absolute Gasteiger partial charge is 0.433 e. The highest BCUT2D eigenvalue weighted by molar-refractivity contribution is 5.72. The van der Waals surface area contributed by atoms with E-state index in [1.54, 1.807) is 0 Å². The third-order valence-electron chi connectivity index (χ3n) is 5.76. The van der Waals surface area contributed by atoms with Crippen LogP contribution in [0.15, 0.2) is 52.2 Å². The molecule has 0 unspecified atom stereocenters. The molecule has 3 aromatic heterocycles. The minimum Gasteiger partial charge on any atom is -0.425 e. The lowest BCUT2D eigenvalue weighted by atomic mass is 10.2. The van der Waals surface area contributed by atoms with Crippen molar-refractivity contribution in [1.29, 1.82) is 0 Å². The number of benzene rings is 1. The monoisotopic (exact) mass is 541 g/mol. The van der Waals surface area contributed by atoms with Crippen LogP contribution in [0, 0.1) is 0 Å². The number of pyridine rings is 1. The van der Waals surface area contributed by atoms with Gasteiger partial charge in [-0.15, -0.1) is 0 Å². The van der Waals surface area contributed by atoms with Crippen molar-refractivity contribution >= 4 is 11.2 Å². The highest BCUT2D eigenvalue weighted by atomic mass is 19.4. The molecule has 0 spiro atoms. The molecule has 0 atom stereocenters. The molecule has 0 radical (unpaired) electrons. The normalized spacial score (nSPS) is 12.3. The van der Waals surface area contributed by atoms with Crippen molar-refractivity contribution in [3.05, 3.63) is 80.3 Å². The minimum absolute atomic E-state index is 0.102. The van der Waals surface area contributed by atoms with Crippen LogP contribution in [0.25, 0.3) is 11.2 Å². The first-order chi connectivity index (χ1) is 17.8. The Bertz CT molecular complexity index is 1580. The van der Waals surface area contributed by atoms with Gasteiger partial charge in [0.1, 0.15) is 11.4 Å². The molecule has 0 saturated heterocycles. The van der Waals surface area contributed by atoms with Gasteiger partial charge < -0.3 is 4.74 Å². The maximum Gasteiger partial charge on any atom is 0.433 e. The maximum atomic E-state index is 13.4. The second-order valence-corrected chi connectivity index (χ2v) is 8.48. The standard InChI is InChI=1S/C24H21F6N5O3/c1-3-4-10-34-20(36)18-19(33(2)22(34)37)32-21(38-16-7-5-6-15(11-16)23(25,26)27)35(18)13-14-8-9-17(31-12-14)24(28,29)30/h5-9,11-12H,3-4,10,13H2,1-2H3. The number of halogens is 6. The first-order valence-corrected chi connectivity index (χ1v) is 11.4. The molecule has 0 aliphatic carbocycles. The second kappa shape index (κ2) is 9.99. The van der Waals surface area contributed by atoms with Crippen LogP contribution in [-0.2, 0) is 32.5 Å². The van der Waals surface area contributed by atoms with Crippen molar-refractivity contribution < 1.29 is 31.1 Å². The van der Waals surface area contributed by atoms with Gasteiger partial charge in [-0.05, 0) is 36.2 Å². The Morgan fingerprint density at radius 2 is 1.71 bits per heavy atom. The predicted molar refractivity (Wildman–Crippen MR) is 124 cm³/mol. The fourth-order valence-corrected chi connectivity index (χ4v) is 3.80. The molecule has 0 bridgehead atoms. The molecular weight excluding hydrogens is 520 g/mol. The van der Waals surface area contributed by atoms with Gasteiger partial charge in [-0.25, -0.2) is 4.79 Å². The van der Waals surface area contributed by atoms with Crippen LogP contribution >= 0.6 is 0 Å². The molecular formula is C24H21F6N5O3. The molecule has 0 saturated carbocycles. The highest BCUT2D eigenvalue weighted by Crippen LogP contribution is 2.33. The maximum absolute atomic E-state index is 13.4. The number of fused-ring (bicyclic) bond motifs is 1. The fourth-order valence-electron chi connectivity index (χ4n) is 3.80. The van der Waals surface area contributed by atoms with Crippen LogP contribution in [0.1, 0.15) is 36.6 Å². The quantitative estimate of drug-likeness (QED) is 0.309. The summed E-state index contributed by atoms with van der Waals surface area (Å²) in [5.41, 5.74) is -3.47. The van der Waals surface area contributed by atoms with Gasteiger partial charge >= 0.3 is 24.1 Å². The topological polar surface area (TPSA) is 83.9 Å². The van der Waals surface area contributed by atoms with Gasteiger partial charge in [-0.1, -0.05) is 25.5 Å². The molecule has 14 heteroatoms. The molecule has 0 fully saturated rings. The number of aromatic nitrogens is 5. The lowest BCUT2D eigenvalue weighted by molar-refractivity contribution is -0.141. The number of hydrogen-bond acceptors (Lipinski definition) is 5. The Balaban J connectivity index is 1.89. The Kier molecular flexibility index (Phi) is 7.08. The van der Waals surface area contributed by atoms with E-state index in [0.717, 1.165) is 45.7 Å². The third-order valence-corrected chi connectivity index (χ3v) is 5.76. The lowest BCUT2D eigenvalue weighted by Gasteiger charge is -2.13. The SMILES string of the molecule is CCCCn1c(=O)c2c(nc(Oc3cccc(C(F)(F)F)c3)n2Cc2ccc(C(F)(F)F)nc2)n(C)c1=O. The summed E-state index contributed by atoms with van der Waals surface area (Å²) in [5, 5.41) is 0. The van der Waals surface area contributed by atoms with Crippen LogP contribution in [0.3, 0.4) is 0 Å². The Hall–Kier alpha value is -4.10. The van der Waals surface area contributed by atoms with Crippen molar-refractivity contribution in [3.8, 4) is 11.8 Å². The second-order valence-electron chi connectivity index (χ2n) is 8.48. The Morgan fingerprint density at radius 3 is 2.32 bits per heavy atom. The van der Waals surface area contributed by atoms with Crippen molar-refractivity contribution in [2.45, 2.75) is 45.2 Å². The number of aryl methyl sites for hydroxylation is 1. The summed E-state index contributed by atoms with van der Waals surface area (Å²) >= 11 is 0. The zero-order chi connectivity index (χ0) is 27.8. The van der Waals surface area contributed by atoms with Crippen molar-refractivity contribution in [2.24, 2.45) is 7.05 Å². The molecule has 38 heavy (non-hydrogen) atoms. The molecule has 202 valence electrons. The number of imidazole rings is 1. The zero-order valence-corrected chi connectivity index (χ0v) is 20.1. The van der Waals surface area contributed by atoms with Gasteiger partial charge in [-0.2, -0.15) is 31.3 Å². The Morgan fingerprint density at radius 1 is 0.974 bits per heavy atom. The van der Waals surface area contributed by atoms with Gasteiger partial charge in [0.05, 0.1) is 12.1 Å². The van der Waals surface area contributed by atoms with E-state index in [2.05, 4.69) is 9.97 Å². The minimum atomic E-state index is -4.66. The molecule has 1 aromatic carbocycles. The first kappa shape index (κ1) is 26.9. The van der Waals surface area contributed by atoms with E-state index in [9.17, 15) is 35.9 Å². The number of nitrogens with zero attached hydrogens (tertiary/aromatic N) is 5. The van der Waals surface area contributed by atoms with E-state index in [0.29, 0.717) is 12.8 Å². The summed E-state index contributed by atoms with van der Waals surface area (Å²) in [7, 11) is 1.37. The molecule has 0 aliphatic rings. The average molecular weight is 541 g/mol. The number of ether oxygens (including phenoxy) is 1. The summed E-state index contributed by atoms with van der Waals surface area (Å²) in [4.78, 5) is 33.8. The van der Waals surface area contributed by atoms with E-state index >= 15 is 0 Å². The summed E-state index contributed by atoms with van der Waals surface area (Å²) in [6.07, 6.45) is -7.15. The Labute approximate surface area is 210 Å². The molecule has 4 aromatic rings. The number of unbranched alkanes of at least 4 members (excludes halogenated alkanes) is 1. The lowest BCUT2D eigenvalue weighted by Crippen LogP contribution is -2.39. The van der Waals surface area contributed by atoms with Gasteiger partial charge in [0.2, 0.25) is 0 Å². The van der Waals surface area contributed by atoms with E-state index in [-0.39, 0.29) is 41.6 Å². The van der Waals surface area contributed by atoms with Crippen molar-refractivity contribution in [3.63, 3.8) is 0 Å². The smallest absolute Gasteiger partial charge is 0.425 e. The van der Waals surface area contributed by atoms with E-state index < -0.39 is 34.9 Å². The van der Waals surface area contributed by atoms with E-state index in [4.69, 9.17) is 4.74 Å². The summed E-state index contributed by atoms with van der Waals surface area (Å²) in [5.74, 6) is -0.252. The predicted octanol–water partition coefficient (Wildman–Crippen LogP) is 4.97. The summed E-state index contributed by atoms with van der Waals surface area (Å²) in [6, 6.07) is 5.53. The molecule has 4 rings (SSSR count).